The first-order valence-corrected chi connectivity index (χ1v) is 8.23. The van der Waals surface area contributed by atoms with E-state index in [1.54, 1.807) is 13.1 Å². The van der Waals surface area contributed by atoms with Crippen LogP contribution in [0, 0.1) is 18.8 Å². The van der Waals surface area contributed by atoms with Crippen molar-refractivity contribution in [3.63, 3.8) is 0 Å². The van der Waals surface area contributed by atoms with Crippen LogP contribution in [0.1, 0.15) is 24.2 Å². The Balaban J connectivity index is 1.69. The number of carbonyl (C=O) groups excluding carboxylic acids is 1. The van der Waals surface area contributed by atoms with Gasteiger partial charge in [0.05, 0.1) is 43.3 Å². The van der Waals surface area contributed by atoms with Crippen molar-refractivity contribution >= 4 is 5.97 Å². The summed E-state index contributed by atoms with van der Waals surface area (Å²) >= 11 is 0. The van der Waals surface area contributed by atoms with Crippen molar-refractivity contribution in [2.45, 2.75) is 26.4 Å². The van der Waals surface area contributed by atoms with E-state index in [2.05, 4.69) is 15.3 Å². The Labute approximate surface area is 145 Å². The lowest BCUT2D eigenvalue weighted by Crippen LogP contribution is -2.37. The summed E-state index contributed by atoms with van der Waals surface area (Å²) in [5.74, 6) is 0.634. The van der Waals surface area contributed by atoms with Crippen molar-refractivity contribution in [1.82, 2.24) is 20.0 Å². The van der Waals surface area contributed by atoms with Crippen LogP contribution in [0.2, 0.25) is 0 Å². The van der Waals surface area contributed by atoms with Crippen molar-refractivity contribution in [3.8, 4) is 17.1 Å². The highest BCUT2D eigenvalue weighted by atomic mass is 16.5. The zero-order valence-corrected chi connectivity index (χ0v) is 14.6. The van der Waals surface area contributed by atoms with Gasteiger partial charge in [-0.3, -0.25) is 4.79 Å². The van der Waals surface area contributed by atoms with Gasteiger partial charge in [-0.15, -0.1) is 5.10 Å². The van der Waals surface area contributed by atoms with Crippen molar-refractivity contribution < 1.29 is 19.4 Å². The number of aromatic nitrogens is 4. The first-order valence-electron chi connectivity index (χ1n) is 8.23. The monoisotopic (exact) mass is 346 g/mol. The van der Waals surface area contributed by atoms with E-state index in [1.165, 1.54) is 11.8 Å². The molecule has 0 saturated heterocycles. The predicted octanol–water partition coefficient (Wildman–Crippen LogP) is 1.26. The molecule has 0 radical (unpaired) electrons. The van der Waals surface area contributed by atoms with Crippen molar-refractivity contribution in [3.05, 3.63) is 23.5 Å². The first-order chi connectivity index (χ1) is 12.0. The number of nitrogens with zero attached hydrogens (tertiary/aromatic N) is 4. The lowest BCUT2D eigenvalue weighted by Gasteiger charge is -2.34. The molecule has 8 nitrogen and oxygen atoms in total. The van der Waals surface area contributed by atoms with Gasteiger partial charge in [0.15, 0.2) is 0 Å². The smallest absolute Gasteiger partial charge is 0.309 e. The summed E-state index contributed by atoms with van der Waals surface area (Å²) in [4.78, 5) is 16.1. The van der Waals surface area contributed by atoms with Crippen LogP contribution in [-0.2, 0) is 23.2 Å². The van der Waals surface area contributed by atoms with Gasteiger partial charge in [-0.1, -0.05) is 5.21 Å². The van der Waals surface area contributed by atoms with E-state index in [0.717, 1.165) is 18.5 Å². The second kappa shape index (κ2) is 7.18. The van der Waals surface area contributed by atoms with Gasteiger partial charge in [0.1, 0.15) is 11.4 Å². The summed E-state index contributed by atoms with van der Waals surface area (Å²) in [5, 5.41) is 17.4. The van der Waals surface area contributed by atoms with Gasteiger partial charge in [-0.05, 0) is 31.9 Å². The average Bonchev–Trinajstić information content (AvgIpc) is 2.95. The molecular formula is C17H22N4O4. The minimum atomic E-state index is -0.163. The second-order valence-corrected chi connectivity index (χ2v) is 6.22. The highest BCUT2D eigenvalue weighted by Crippen LogP contribution is 2.36. The molecule has 0 spiro atoms. The zero-order valence-electron chi connectivity index (χ0n) is 14.6. The van der Waals surface area contributed by atoms with E-state index in [1.807, 2.05) is 13.0 Å². The van der Waals surface area contributed by atoms with E-state index in [0.29, 0.717) is 29.4 Å². The fraction of sp³-hybridized carbons (Fsp3) is 0.529. The third-order valence-electron chi connectivity index (χ3n) is 4.75. The maximum Gasteiger partial charge on any atom is 0.309 e. The van der Waals surface area contributed by atoms with E-state index >= 15 is 0 Å². The summed E-state index contributed by atoms with van der Waals surface area (Å²) in [6, 6.07) is 3.63. The molecule has 1 saturated carbocycles. The van der Waals surface area contributed by atoms with E-state index in [4.69, 9.17) is 9.47 Å². The molecule has 3 rings (SSSR count). The van der Waals surface area contributed by atoms with Crippen LogP contribution in [0.15, 0.2) is 12.1 Å². The molecule has 1 aliphatic rings. The van der Waals surface area contributed by atoms with Gasteiger partial charge in [-0.2, -0.15) is 0 Å². The molecule has 0 bridgehead atoms. The molecule has 2 aromatic heterocycles. The molecule has 1 fully saturated rings. The van der Waals surface area contributed by atoms with Crippen LogP contribution >= 0.6 is 0 Å². The van der Waals surface area contributed by atoms with Crippen LogP contribution < -0.4 is 4.74 Å². The molecule has 8 heteroatoms. The number of esters is 1. The number of ether oxygens (including phenoxy) is 2. The molecule has 0 unspecified atom stereocenters. The Kier molecular flexibility index (Phi) is 4.98. The zero-order chi connectivity index (χ0) is 18.0. The molecule has 1 N–H and O–H groups in total. The number of methoxy groups -OCH3 is 1. The topological polar surface area (TPSA) is 99.4 Å². The molecule has 2 heterocycles. The van der Waals surface area contributed by atoms with Crippen molar-refractivity contribution in [2.75, 3.05) is 13.7 Å². The third kappa shape index (κ3) is 3.34. The van der Waals surface area contributed by atoms with E-state index in [-0.39, 0.29) is 24.4 Å². The lowest BCUT2D eigenvalue weighted by molar-refractivity contribution is -0.152. The molecule has 0 aromatic carbocycles. The lowest BCUT2D eigenvalue weighted by atomic mass is 9.74. The van der Waals surface area contributed by atoms with Gasteiger partial charge in [0.2, 0.25) is 0 Å². The minimum absolute atomic E-state index is 0.0655. The molecule has 1 aliphatic carbocycles. The van der Waals surface area contributed by atoms with Crippen molar-refractivity contribution in [1.29, 1.82) is 0 Å². The SMILES string of the molecule is COC(=O)[C@@H]1CC[C@H]1COc1ccc(-c2nnn(C)c2CO)nc1C. The third-order valence-corrected chi connectivity index (χ3v) is 4.75. The number of aryl methyl sites for hydroxylation is 2. The van der Waals surface area contributed by atoms with Crippen LogP contribution in [0.25, 0.3) is 11.4 Å². The fourth-order valence-electron chi connectivity index (χ4n) is 3.01. The fourth-order valence-corrected chi connectivity index (χ4v) is 3.01. The largest absolute Gasteiger partial charge is 0.491 e. The van der Waals surface area contributed by atoms with E-state index in [9.17, 15) is 9.90 Å². The van der Waals surface area contributed by atoms with Crippen LogP contribution in [0.4, 0.5) is 0 Å². The summed E-state index contributed by atoms with van der Waals surface area (Å²) in [5.41, 5.74) is 2.53. The minimum Gasteiger partial charge on any atom is -0.491 e. The van der Waals surface area contributed by atoms with Crippen LogP contribution in [0.5, 0.6) is 5.75 Å². The molecule has 0 amide bonds. The van der Waals surface area contributed by atoms with Crippen LogP contribution in [-0.4, -0.2) is 44.8 Å². The predicted molar refractivity (Wildman–Crippen MR) is 88.6 cm³/mol. The Morgan fingerprint density at radius 3 is 2.80 bits per heavy atom. The van der Waals surface area contributed by atoms with Gasteiger partial charge in [-0.25, -0.2) is 9.67 Å². The highest BCUT2D eigenvalue weighted by molar-refractivity contribution is 5.73. The Morgan fingerprint density at radius 1 is 1.40 bits per heavy atom. The molecule has 2 atom stereocenters. The second-order valence-electron chi connectivity index (χ2n) is 6.22. The summed E-state index contributed by atoms with van der Waals surface area (Å²) in [7, 11) is 3.14. The van der Waals surface area contributed by atoms with Gasteiger partial charge in [0.25, 0.3) is 0 Å². The molecular weight excluding hydrogens is 324 g/mol. The Bertz CT molecular complexity index is 774. The first kappa shape index (κ1) is 17.3. The van der Waals surface area contributed by atoms with Gasteiger partial charge < -0.3 is 14.6 Å². The number of hydrogen-bond donors (Lipinski definition) is 1. The number of hydrogen-bond acceptors (Lipinski definition) is 7. The number of carbonyl (C=O) groups is 1. The van der Waals surface area contributed by atoms with E-state index < -0.39 is 0 Å². The normalized spacial score (nSPS) is 19.4. The average molecular weight is 346 g/mol. The molecule has 25 heavy (non-hydrogen) atoms. The Morgan fingerprint density at radius 2 is 2.20 bits per heavy atom. The number of aliphatic hydroxyl groups is 1. The standard InChI is InChI=1S/C17H22N4O4/c1-10-15(25-9-11-4-5-12(11)17(23)24-3)7-6-13(18-10)16-14(8-22)21(2)20-19-16/h6-7,11-12,22H,4-5,8-9H2,1-3H3/t11-,12+/m0/s1. The van der Waals surface area contributed by atoms with Gasteiger partial charge >= 0.3 is 5.97 Å². The molecule has 0 aliphatic heterocycles. The summed E-state index contributed by atoms with van der Waals surface area (Å²) < 4.78 is 12.2. The highest BCUT2D eigenvalue weighted by Gasteiger charge is 2.37. The van der Waals surface area contributed by atoms with Crippen molar-refractivity contribution in [2.24, 2.45) is 18.9 Å². The Hall–Kier alpha value is -2.48. The summed E-state index contributed by atoms with van der Waals surface area (Å²) in [6.07, 6.45) is 1.82. The van der Waals surface area contributed by atoms with Gasteiger partial charge in [0, 0.05) is 13.0 Å². The molecule has 2 aromatic rings. The number of rotatable bonds is 6. The quantitative estimate of drug-likeness (QED) is 0.786. The number of aliphatic hydroxyl groups excluding tert-OH is 1. The maximum atomic E-state index is 11.6. The molecule has 134 valence electrons. The summed E-state index contributed by atoms with van der Waals surface area (Å²) in [6.45, 7) is 2.16. The maximum absolute atomic E-state index is 11.6. The van der Waals surface area contributed by atoms with Crippen LogP contribution in [0.3, 0.4) is 0 Å². The number of pyridine rings is 1.